The lowest BCUT2D eigenvalue weighted by molar-refractivity contribution is 0.439. The maximum absolute atomic E-state index is 13.5. The largest absolute Gasteiger partial charge is 0.503 e. The van der Waals surface area contributed by atoms with Gasteiger partial charge in [-0.2, -0.15) is 0 Å². The second kappa shape index (κ2) is 2.64. The molecular formula is C10H11FN2O. The molecule has 0 fully saturated rings. The van der Waals surface area contributed by atoms with Crippen LogP contribution in [0.25, 0.3) is 10.9 Å². The number of anilines is 1. The van der Waals surface area contributed by atoms with E-state index in [1.165, 1.54) is 0 Å². The molecule has 0 aliphatic carbocycles. The van der Waals surface area contributed by atoms with Gasteiger partial charge in [-0.15, -0.1) is 0 Å². The number of benzene rings is 1. The molecule has 2 aromatic rings. The number of phenols is 1. The van der Waals surface area contributed by atoms with Gasteiger partial charge >= 0.3 is 0 Å². The van der Waals surface area contributed by atoms with Gasteiger partial charge in [0.1, 0.15) is 0 Å². The first-order valence-electron chi connectivity index (χ1n) is 4.25. The average molecular weight is 194 g/mol. The Bertz CT molecular complexity index is 517. The zero-order valence-electron chi connectivity index (χ0n) is 8.00. The van der Waals surface area contributed by atoms with E-state index in [2.05, 4.69) is 0 Å². The normalized spacial score (nSPS) is 11.1. The molecule has 0 unspecified atom stereocenters. The van der Waals surface area contributed by atoms with Gasteiger partial charge in [-0.1, -0.05) is 0 Å². The van der Waals surface area contributed by atoms with Crippen LogP contribution in [0.15, 0.2) is 12.1 Å². The Morgan fingerprint density at radius 3 is 2.71 bits per heavy atom. The molecule has 2 rings (SSSR count). The number of fused-ring (bicyclic) bond motifs is 1. The van der Waals surface area contributed by atoms with Crippen LogP contribution in [0.2, 0.25) is 0 Å². The summed E-state index contributed by atoms with van der Waals surface area (Å²) in [6.07, 6.45) is 0. The van der Waals surface area contributed by atoms with Gasteiger partial charge in [0, 0.05) is 18.1 Å². The Morgan fingerprint density at radius 2 is 2.07 bits per heavy atom. The number of rotatable bonds is 0. The third kappa shape index (κ3) is 0.968. The zero-order chi connectivity index (χ0) is 10.5. The van der Waals surface area contributed by atoms with Crippen LogP contribution in [-0.2, 0) is 7.05 Å². The lowest BCUT2D eigenvalue weighted by atomic mass is 10.2. The van der Waals surface area contributed by atoms with Crippen LogP contribution in [0.5, 0.6) is 5.75 Å². The highest BCUT2D eigenvalue weighted by Crippen LogP contribution is 2.32. The Kier molecular flexibility index (Phi) is 1.67. The molecule has 0 saturated heterocycles. The van der Waals surface area contributed by atoms with Gasteiger partial charge in [0.25, 0.3) is 0 Å². The van der Waals surface area contributed by atoms with E-state index in [1.54, 1.807) is 12.1 Å². The van der Waals surface area contributed by atoms with Gasteiger partial charge in [-0.3, -0.25) is 0 Å². The van der Waals surface area contributed by atoms with Gasteiger partial charge in [0.05, 0.1) is 11.2 Å². The summed E-state index contributed by atoms with van der Waals surface area (Å²) in [5, 5.41) is 9.69. The molecule has 3 N–H and O–H groups in total. The number of aromatic nitrogens is 1. The molecule has 4 heteroatoms. The molecule has 1 aromatic heterocycles. The standard InChI is InChI=1S/C10H11FN2O/c1-5-3-6-8(13(5)2)4-7(12)10(14)9(6)11/h3-4,14H,12H2,1-2H3. The van der Waals surface area contributed by atoms with Crippen molar-refractivity contribution < 1.29 is 9.50 Å². The predicted molar refractivity (Wildman–Crippen MR) is 53.7 cm³/mol. The van der Waals surface area contributed by atoms with Crippen molar-refractivity contribution in [1.82, 2.24) is 4.57 Å². The summed E-state index contributed by atoms with van der Waals surface area (Å²) in [6, 6.07) is 3.25. The lowest BCUT2D eigenvalue weighted by Crippen LogP contribution is -1.93. The fourth-order valence-corrected chi connectivity index (χ4v) is 1.57. The smallest absolute Gasteiger partial charge is 0.176 e. The van der Waals surface area contributed by atoms with E-state index in [4.69, 9.17) is 5.73 Å². The van der Waals surface area contributed by atoms with E-state index in [9.17, 15) is 9.50 Å². The summed E-state index contributed by atoms with van der Waals surface area (Å²) in [7, 11) is 1.83. The molecule has 1 aromatic carbocycles. The average Bonchev–Trinajstić information content (AvgIpc) is 2.42. The number of phenolic OH excluding ortho intramolecular Hbond substituents is 1. The maximum atomic E-state index is 13.5. The summed E-state index contributed by atoms with van der Waals surface area (Å²) < 4.78 is 15.3. The molecule has 0 radical (unpaired) electrons. The minimum absolute atomic E-state index is 0.0659. The first kappa shape index (κ1) is 8.87. The molecule has 0 spiro atoms. The molecule has 74 valence electrons. The second-order valence-corrected chi connectivity index (χ2v) is 3.41. The van der Waals surface area contributed by atoms with Crippen LogP contribution in [0.1, 0.15) is 5.69 Å². The Balaban J connectivity index is 2.98. The number of nitrogens with two attached hydrogens (primary N) is 1. The Labute approximate surface area is 80.6 Å². The fourth-order valence-electron chi connectivity index (χ4n) is 1.57. The van der Waals surface area contributed by atoms with Crippen molar-refractivity contribution >= 4 is 16.6 Å². The van der Waals surface area contributed by atoms with E-state index in [0.717, 1.165) is 5.69 Å². The summed E-state index contributed by atoms with van der Waals surface area (Å²) in [5.74, 6) is -1.12. The molecule has 0 saturated carbocycles. The van der Waals surface area contributed by atoms with Crippen LogP contribution in [-0.4, -0.2) is 9.67 Å². The van der Waals surface area contributed by atoms with Crippen molar-refractivity contribution in [3.05, 3.63) is 23.6 Å². The number of aromatic hydroxyl groups is 1. The van der Waals surface area contributed by atoms with Crippen LogP contribution < -0.4 is 5.73 Å². The highest BCUT2D eigenvalue weighted by molar-refractivity contribution is 5.87. The van der Waals surface area contributed by atoms with Crippen molar-refractivity contribution in [2.75, 3.05) is 5.73 Å². The number of halogens is 1. The third-order valence-electron chi connectivity index (χ3n) is 2.53. The third-order valence-corrected chi connectivity index (χ3v) is 2.53. The van der Waals surface area contributed by atoms with E-state index in [1.807, 2.05) is 18.5 Å². The van der Waals surface area contributed by atoms with Gasteiger partial charge < -0.3 is 15.4 Å². The van der Waals surface area contributed by atoms with Gasteiger partial charge in [0.2, 0.25) is 0 Å². The SMILES string of the molecule is Cc1cc2c(F)c(O)c(N)cc2n1C. The first-order valence-corrected chi connectivity index (χ1v) is 4.25. The molecule has 3 nitrogen and oxygen atoms in total. The van der Waals surface area contributed by atoms with E-state index in [0.29, 0.717) is 10.9 Å². The molecule has 0 amide bonds. The summed E-state index contributed by atoms with van der Waals surface area (Å²) >= 11 is 0. The highest BCUT2D eigenvalue weighted by Gasteiger charge is 2.13. The Morgan fingerprint density at radius 1 is 1.43 bits per heavy atom. The lowest BCUT2D eigenvalue weighted by Gasteiger charge is -2.03. The number of hydrogen-bond donors (Lipinski definition) is 2. The van der Waals surface area contributed by atoms with Crippen LogP contribution >= 0.6 is 0 Å². The topological polar surface area (TPSA) is 51.2 Å². The van der Waals surface area contributed by atoms with E-state index in [-0.39, 0.29) is 5.69 Å². The molecular weight excluding hydrogens is 183 g/mol. The molecule has 0 atom stereocenters. The second-order valence-electron chi connectivity index (χ2n) is 3.41. The van der Waals surface area contributed by atoms with Gasteiger partial charge in [-0.25, -0.2) is 4.39 Å². The zero-order valence-corrected chi connectivity index (χ0v) is 8.00. The molecule has 0 aliphatic heterocycles. The number of hydrogen-bond acceptors (Lipinski definition) is 2. The quantitative estimate of drug-likeness (QED) is 0.497. The van der Waals surface area contributed by atoms with Crippen LogP contribution in [0.4, 0.5) is 10.1 Å². The predicted octanol–water partition coefficient (Wildman–Crippen LogP) is 1.91. The monoisotopic (exact) mass is 194 g/mol. The van der Waals surface area contributed by atoms with Crippen LogP contribution in [0.3, 0.4) is 0 Å². The number of aryl methyl sites for hydroxylation is 2. The number of nitrogen functional groups attached to an aromatic ring is 1. The first-order chi connectivity index (χ1) is 6.52. The molecule has 14 heavy (non-hydrogen) atoms. The van der Waals surface area contributed by atoms with Crippen molar-refractivity contribution in [1.29, 1.82) is 0 Å². The van der Waals surface area contributed by atoms with Crippen LogP contribution in [0, 0.1) is 12.7 Å². The fraction of sp³-hybridized carbons (Fsp3) is 0.200. The Hall–Kier alpha value is -1.71. The minimum atomic E-state index is -0.649. The molecule has 1 heterocycles. The summed E-state index contributed by atoms with van der Waals surface area (Å²) in [4.78, 5) is 0. The summed E-state index contributed by atoms with van der Waals surface area (Å²) in [6.45, 7) is 1.87. The minimum Gasteiger partial charge on any atom is -0.503 e. The van der Waals surface area contributed by atoms with E-state index < -0.39 is 11.6 Å². The van der Waals surface area contributed by atoms with E-state index >= 15 is 0 Å². The van der Waals surface area contributed by atoms with Gasteiger partial charge in [-0.05, 0) is 19.1 Å². The maximum Gasteiger partial charge on any atom is 0.176 e. The van der Waals surface area contributed by atoms with Crippen molar-refractivity contribution in [3.63, 3.8) is 0 Å². The highest BCUT2D eigenvalue weighted by atomic mass is 19.1. The van der Waals surface area contributed by atoms with Gasteiger partial charge in [0.15, 0.2) is 11.6 Å². The molecule has 0 aliphatic rings. The van der Waals surface area contributed by atoms with Crippen molar-refractivity contribution in [2.24, 2.45) is 7.05 Å². The van der Waals surface area contributed by atoms with Crippen molar-refractivity contribution in [3.8, 4) is 5.75 Å². The summed E-state index contributed by atoms with van der Waals surface area (Å²) in [5.41, 5.74) is 7.14. The van der Waals surface area contributed by atoms with Crippen molar-refractivity contribution in [2.45, 2.75) is 6.92 Å². The number of nitrogens with zero attached hydrogens (tertiary/aromatic N) is 1. The molecule has 0 bridgehead atoms.